The largest absolute Gasteiger partial charge is 0.491 e. The number of thioether (sulfide) groups is 1. The molecule has 0 atom stereocenters. The van der Waals surface area contributed by atoms with Crippen molar-refractivity contribution in [1.29, 1.82) is 0 Å². The molecule has 0 bridgehead atoms. The third-order valence-corrected chi connectivity index (χ3v) is 3.03. The molecule has 0 aliphatic carbocycles. The second-order valence-electron chi connectivity index (χ2n) is 3.70. The molecule has 0 heterocycles. The van der Waals surface area contributed by atoms with Gasteiger partial charge in [-0.05, 0) is 43.9 Å². The van der Waals surface area contributed by atoms with Crippen molar-refractivity contribution >= 4 is 17.4 Å². The van der Waals surface area contributed by atoms with Crippen LogP contribution in [0.3, 0.4) is 0 Å². The van der Waals surface area contributed by atoms with Crippen molar-refractivity contribution in [2.45, 2.75) is 19.8 Å². The van der Waals surface area contributed by atoms with E-state index in [2.05, 4.69) is 11.6 Å². The van der Waals surface area contributed by atoms with Crippen LogP contribution >= 0.6 is 11.8 Å². The first-order valence-corrected chi connectivity index (χ1v) is 7.32. The van der Waals surface area contributed by atoms with E-state index >= 15 is 0 Å². The molecule has 96 valence electrons. The van der Waals surface area contributed by atoms with Crippen LogP contribution in [0.4, 0.5) is 10.1 Å². The predicted octanol–water partition coefficient (Wildman–Crippen LogP) is 3.78. The minimum absolute atomic E-state index is 0.305. The highest BCUT2D eigenvalue weighted by Crippen LogP contribution is 2.21. The predicted molar refractivity (Wildman–Crippen MR) is 73.7 cm³/mol. The Kier molecular flexibility index (Phi) is 6.86. The molecule has 0 saturated carbocycles. The molecule has 0 saturated heterocycles. The highest BCUT2D eigenvalue weighted by molar-refractivity contribution is 7.98. The molecule has 0 unspecified atom stereocenters. The Bertz CT molecular complexity index is 333. The third-order valence-electron chi connectivity index (χ3n) is 2.34. The summed E-state index contributed by atoms with van der Waals surface area (Å²) in [5.74, 6) is 1.20. The van der Waals surface area contributed by atoms with Crippen LogP contribution in [0.25, 0.3) is 0 Å². The Morgan fingerprint density at radius 3 is 2.82 bits per heavy atom. The van der Waals surface area contributed by atoms with Crippen LogP contribution in [0.15, 0.2) is 18.2 Å². The second-order valence-corrected chi connectivity index (χ2v) is 4.69. The molecule has 0 radical (unpaired) electrons. The van der Waals surface area contributed by atoms with E-state index in [1.807, 2.05) is 24.8 Å². The number of anilines is 1. The number of nitrogens with one attached hydrogen (secondary N) is 1. The first-order valence-electron chi connectivity index (χ1n) is 5.93. The fourth-order valence-electron chi connectivity index (χ4n) is 1.49. The molecule has 2 nitrogen and oxygen atoms in total. The number of halogens is 1. The summed E-state index contributed by atoms with van der Waals surface area (Å²) in [6, 6.07) is 5.01. The fraction of sp³-hybridized carbons (Fsp3) is 0.538. The summed E-state index contributed by atoms with van der Waals surface area (Å²) in [7, 11) is 0. The van der Waals surface area contributed by atoms with Gasteiger partial charge in [-0.3, -0.25) is 0 Å². The van der Waals surface area contributed by atoms with Crippen molar-refractivity contribution in [2.75, 3.05) is 30.5 Å². The van der Waals surface area contributed by atoms with Gasteiger partial charge in [-0.15, -0.1) is 0 Å². The topological polar surface area (TPSA) is 21.3 Å². The number of rotatable bonds is 8. The molecule has 0 aromatic heterocycles. The minimum atomic E-state index is -0.305. The van der Waals surface area contributed by atoms with Crippen LogP contribution in [0.2, 0.25) is 0 Å². The van der Waals surface area contributed by atoms with E-state index in [9.17, 15) is 4.39 Å². The zero-order chi connectivity index (χ0) is 12.5. The standard InChI is InChI=1S/C13H20FNOS/c1-3-16-13-7-6-11(10-12(13)14)15-8-4-5-9-17-2/h6-7,10,15H,3-5,8-9H2,1-2H3. The van der Waals surface area contributed by atoms with Gasteiger partial charge in [0, 0.05) is 18.3 Å². The van der Waals surface area contributed by atoms with Crippen molar-refractivity contribution in [3.8, 4) is 5.75 Å². The van der Waals surface area contributed by atoms with Crippen LogP contribution in [0.5, 0.6) is 5.75 Å². The van der Waals surface area contributed by atoms with Crippen LogP contribution in [0, 0.1) is 5.82 Å². The number of benzene rings is 1. The molecule has 0 spiro atoms. The van der Waals surface area contributed by atoms with Gasteiger partial charge in [0.05, 0.1) is 6.61 Å². The van der Waals surface area contributed by atoms with Crippen LogP contribution in [0.1, 0.15) is 19.8 Å². The lowest BCUT2D eigenvalue weighted by molar-refractivity contribution is 0.321. The summed E-state index contributed by atoms with van der Waals surface area (Å²) in [6.45, 7) is 3.21. The minimum Gasteiger partial charge on any atom is -0.491 e. The maximum Gasteiger partial charge on any atom is 0.167 e. The van der Waals surface area contributed by atoms with Crippen molar-refractivity contribution in [2.24, 2.45) is 0 Å². The molecule has 1 aromatic carbocycles. The molecule has 17 heavy (non-hydrogen) atoms. The fourth-order valence-corrected chi connectivity index (χ4v) is 1.98. The number of hydrogen-bond donors (Lipinski definition) is 1. The molecule has 0 amide bonds. The van der Waals surface area contributed by atoms with Crippen LogP contribution in [-0.4, -0.2) is 25.2 Å². The van der Waals surface area contributed by atoms with E-state index in [4.69, 9.17) is 4.74 Å². The summed E-state index contributed by atoms with van der Waals surface area (Å²) in [4.78, 5) is 0. The molecule has 1 rings (SSSR count). The SMILES string of the molecule is CCOc1ccc(NCCCCSC)cc1F. The molecule has 1 N–H and O–H groups in total. The Morgan fingerprint density at radius 1 is 1.35 bits per heavy atom. The summed E-state index contributed by atoms with van der Waals surface area (Å²) in [5.41, 5.74) is 0.815. The normalized spacial score (nSPS) is 10.3. The van der Waals surface area contributed by atoms with Gasteiger partial charge in [-0.25, -0.2) is 4.39 Å². The Balaban J connectivity index is 2.36. The second kappa shape index (κ2) is 8.23. The van der Waals surface area contributed by atoms with Gasteiger partial charge in [0.25, 0.3) is 0 Å². The average Bonchev–Trinajstić information content (AvgIpc) is 2.32. The molecule has 0 aliphatic rings. The summed E-state index contributed by atoms with van der Waals surface area (Å²) >= 11 is 1.85. The van der Waals surface area contributed by atoms with Gasteiger partial charge in [-0.1, -0.05) is 0 Å². The van der Waals surface area contributed by atoms with Crippen molar-refractivity contribution < 1.29 is 9.13 Å². The molecule has 1 aromatic rings. The summed E-state index contributed by atoms with van der Waals surface area (Å²) < 4.78 is 18.6. The van der Waals surface area contributed by atoms with E-state index in [0.29, 0.717) is 12.4 Å². The average molecular weight is 257 g/mol. The quantitative estimate of drug-likeness (QED) is 0.716. The maximum atomic E-state index is 13.5. The lowest BCUT2D eigenvalue weighted by Crippen LogP contribution is -2.03. The van der Waals surface area contributed by atoms with E-state index in [-0.39, 0.29) is 5.82 Å². The smallest absolute Gasteiger partial charge is 0.167 e. The van der Waals surface area contributed by atoms with Gasteiger partial charge in [0.1, 0.15) is 0 Å². The molecule has 4 heteroatoms. The number of unbranched alkanes of at least 4 members (excludes halogenated alkanes) is 1. The van der Waals surface area contributed by atoms with E-state index < -0.39 is 0 Å². The zero-order valence-electron chi connectivity index (χ0n) is 10.5. The van der Waals surface area contributed by atoms with E-state index in [1.54, 1.807) is 6.07 Å². The summed E-state index contributed by atoms with van der Waals surface area (Å²) in [5, 5.41) is 3.21. The Hall–Kier alpha value is -0.900. The van der Waals surface area contributed by atoms with Crippen LogP contribution in [-0.2, 0) is 0 Å². The third kappa shape index (κ3) is 5.31. The Labute approximate surface area is 107 Å². The van der Waals surface area contributed by atoms with Gasteiger partial charge in [0.2, 0.25) is 0 Å². The Morgan fingerprint density at radius 2 is 2.18 bits per heavy atom. The molecule has 0 aliphatic heterocycles. The van der Waals surface area contributed by atoms with Crippen molar-refractivity contribution in [3.63, 3.8) is 0 Å². The highest BCUT2D eigenvalue weighted by Gasteiger charge is 2.03. The van der Waals surface area contributed by atoms with Crippen molar-refractivity contribution in [3.05, 3.63) is 24.0 Å². The van der Waals surface area contributed by atoms with Gasteiger partial charge >= 0.3 is 0 Å². The lowest BCUT2D eigenvalue weighted by atomic mass is 10.2. The monoisotopic (exact) mass is 257 g/mol. The van der Waals surface area contributed by atoms with E-state index in [0.717, 1.165) is 18.7 Å². The molecular weight excluding hydrogens is 237 g/mol. The highest BCUT2D eigenvalue weighted by atomic mass is 32.2. The van der Waals surface area contributed by atoms with Crippen molar-refractivity contribution in [1.82, 2.24) is 0 Å². The first kappa shape index (κ1) is 14.2. The van der Waals surface area contributed by atoms with E-state index in [1.165, 1.54) is 18.2 Å². The molecular formula is C13H20FNOS. The van der Waals surface area contributed by atoms with Gasteiger partial charge in [-0.2, -0.15) is 11.8 Å². The molecule has 0 fully saturated rings. The van der Waals surface area contributed by atoms with Crippen LogP contribution < -0.4 is 10.1 Å². The number of ether oxygens (including phenoxy) is 1. The lowest BCUT2D eigenvalue weighted by Gasteiger charge is -2.09. The number of hydrogen-bond acceptors (Lipinski definition) is 3. The summed E-state index contributed by atoms with van der Waals surface area (Å²) in [6.07, 6.45) is 4.40. The maximum absolute atomic E-state index is 13.5. The zero-order valence-corrected chi connectivity index (χ0v) is 11.3. The van der Waals surface area contributed by atoms with Gasteiger partial charge < -0.3 is 10.1 Å². The first-order chi connectivity index (χ1) is 8.27. The van der Waals surface area contributed by atoms with Gasteiger partial charge in [0.15, 0.2) is 11.6 Å².